The van der Waals surface area contributed by atoms with Crippen LogP contribution in [0.1, 0.15) is 24.1 Å². The van der Waals surface area contributed by atoms with Crippen LogP contribution in [-0.4, -0.2) is 24.4 Å². The molecule has 2 unspecified atom stereocenters. The molecule has 2 N–H and O–H groups in total. The number of rotatable bonds is 7. The molecule has 0 aliphatic carbocycles. The van der Waals surface area contributed by atoms with Gasteiger partial charge in [0, 0.05) is 17.1 Å². The molecule has 118 valence electrons. The highest BCUT2D eigenvalue weighted by Gasteiger charge is 2.11. The molecule has 0 radical (unpaired) electrons. The van der Waals surface area contributed by atoms with E-state index in [0.717, 1.165) is 15.8 Å². The van der Waals surface area contributed by atoms with Crippen LogP contribution >= 0.6 is 15.9 Å². The third-order valence-electron chi connectivity index (χ3n) is 3.56. The molecule has 0 aliphatic rings. The van der Waals surface area contributed by atoms with Gasteiger partial charge in [0.15, 0.2) is 0 Å². The lowest BCUT2D eigenvalue weighted by atomic mass is 10.1. The number of aliphatic hydroxyl groups excluding tert-OH is 1. The third-order valence-corrected chi connectivity index (χ3v) is 4.28. The fourth-order valence-corrected chi connectivity index (χ4v) is 2.84. The highest BCUT2D eigenvalue weighted by atomic mass is 79.9. The maximum absolute atomic E-state index is 10.1. The second kappa shape index (κ2) is 8.32. The van der Waals surface area contributed by atoms with Crippen molar-refractivity contribution in [1.29, 1.82) is 0 Å². The van der Waals surface area contributed by atoms with Crippen molar-refractivity contribution in [3.05, 3.63) is 64.1 Å². The largest absolute Gasteiger partial charge is 0.491 e. The van der Waals surface area contributed by atoms with Gasteiger partial charge < -0.3 is 15.2 Å². The summed E-state index contributed by atoms with van der Waals surface area (Å²) in [4.78, 5) is 0. The van der Waals surface area contributed by atoms with Gasteiger partial charge in [0.05, 0.1) is 0 Å². The predicted molar refractivity (Wildman–Crippen MR) is 93.2 cm³/mol. The van der Waals surface area contributed by atoms with Crippen molar-refractivity contribution in [2.45, 2.75) is 26.0 Å². The summed E-state index contributed by atoms with van der Waals surface area (Å²) in [7, 11) is 0. The Kier molecular flexibility index (Phi) is 6.43. The van der Waals surface area contributed by atoms with Gasteiger partial charge in [-0.2, -0.15) is 0 Å². The zero-order valence-corrected chi connectivity index (χ0v) is 14.5. The Morgan fingerprint density at radius 1 is 1.14 bits per heavy atom. The van der Waals surface area contributed by atoms with Crippen molar-refractivity contribution < 1.29 is 9.84 Å². The molecular weight excluding hydrogens is 342 g/mol. The highest BCUT2D eigenvalue weighted by Crippen LogP contribution is 2.22. The van der Waals surface area contributed by atoms with Crippen molar-refractivity contribution >= 4 is 15.9 Å². The second-order valence-corrected chi connectivity index (χ2v) is 6.24. The van der Waals surface area contributed by atoms with Crippen LogP contribution in [0.3, 0.4) is 0 Å². The van der Waals surface area contributed by atoms with Crippen molar-refractivity contribution in [2.24, 2.45) is 0 Å². The Hall–Kier alpha value is -1.36. The first kappa shape index (κ1) is 17.0. The molecule has 22 heavy (non-hydrogen) atoms. The Morgan fingerprint density at radius 2 is 1.82 bits per heavy atom. The zero-order valence-electron chi connectivity index (χ0n) is 12.9. The van der Waals surface area contributed by atoms with E-state index in [1.165, 1.54) is 5.56 Å². The molecule has 3 nitrogen and oxygen atoms in total. The van der Waals surface area contributed by atoms with Gasteiger partial charge in [-0.3, -0.25) is 0 Å². The van der Waals surface area contributed by atoms with E-state index in [9.17, 15) is 5.11 Å². The van der Waals surface area contributed by atoms with Gasteiger partial charge in [0.2, 0.25) is 0 Å². The lowest BCUT2D eigenvalue weighted by Gasteiger charge is -2.19. The standard InChI is InChI=1S/C18H22BrNO2/c1-13-7-3-6-10-18(13)22-12-15(21)11-20-14(2)16-8-4-5-9-17(16)19/h3-10,14-15,20-21H,11-12H2,1-2H3. The summed E-state index contributed by atoms with van der Waals surface area (Å²) < 4.78 is 6.73. The van der Waals surface area contributed by atoms with E-state index in [1.54, 1.807) is 0 Å². The first-order valence-electron chi connectivity index (χ1n) is 7.42. The number of halogens is 1. The summed E-state index contributed by atoms with van der Waals surface area (Å²) in [5, 5.41) is 13.4. The van der Waals surface area contributed by atoms with Gasteiger partial charge in [-0.15, -0.1) is 0 Å². The van der Waals surface area contributed by atoms with E-state index in [2.05, 4.69) is 34.2 Å². The summed E-state index contributed by atoms with van der Waals surface area (Å²) in [5.74, 6) is 0.820. The maximum Gasteiger partial charge on any atom is 0.122 e. The van der Waals surface area contributed by atoms with Crippen LogP contribution in [0, 0.1) is 6.92 Å². The monoisotopic (exact) mass is 363 g/mol. The molecule has 0 saturated heterocycles. The molecule has 0 heterocycles. The molecule has 0 fully saturated rings. The van der Waals surface area contributed by atoms with E-state index in [4.69, 9.17) is 4.74 Å². The van der Waals surface area contributed by atoms with Gasteiger partial charge in [0.1, 0.15) is 18.5 Å². The lowest BCUT2D eigenvalue weighted by molar-refractivity contribution is 0.104. The van der Waals surface area contributed by atoms with E-state index in [0.29, 0.717) is 6.54 Å². The third kappa shape index (κ3) is 4.83. The molecule has 0 aromatic heterocycles. The number of aryl methyl sites for hydroxylation is 1. The number of ether oxygens (including phenoxy) is 1. The maximum atomic E-state index is 10.1. The van der Waals surface area contributed by atoms with Crippen molar-refractivity contribution in [2.75, 3.05) is 13.2 Å². The molecule has 0 bridgehead atoms. The number of hydrogen-bond donors (Lipinski definition) is 2. The first-order valence-corrected chi connectivity index (χ1v) is 8.21. The smallest absolute Gasteiger partial charge is 0.122 e. The molecule has 2 aromatic rings. The quantitative estimate of drug-likeness (QED) is 0.784. The molecule has 0 spiro atoms. The number of aliphatic hydroxyl groups is 1. The van der Waals surface area contributed by atoms with Crippen LogP contribution in [0.5, 0.6) is 5.75 Å². The van der Waals surface area contributed by atoms with Crippen molar-refractivity contribution in [3.8, 4) is 5.75 Å². The predicted octanol–water partition coefficient (Wildman–Crippen LogP) is 3.85. The van der Waals surface area contributed by atoms with E-state index in [1.807, 2.05) is 49.4 Å². The Bertz CT molecular complexity index is 603. The van der Waals surface area contributed by atoms with E-state index >= 15 is 0 Å². The van der Waals surface area contributed by atoms with E-state index < -0.39 is 6.10 Å². The number of hydrogen-bond acceptors (Lipinski definition) is 3. The first-order chi connectivity index (χ1) is 10.6. The fourth-order valence-electron chi connectivity index (χ4n) is 2.21. The van der Waals surface area contributed by atoms with Crippen LogP contribution < -0.4 is 10.1 Å². The molecular formula is C18H22BrNO2. The van der Waals surface area contributed by atoms with Crippen LogP contribution in [0.4, 0.5) is 0 Å². The fraction of sp³-hybridized carbons (Fsp3) is 0.333. The van der Waals surface area contributed by atoms with E-state index in [-0.39, 0.29) is 12.6 Å². The van der Waals surface area contributed by atoms with Crippen LogP contribution in [0.2, 0.25) is 0 Å². The van der Waals surface area contributed by atoms with Gasteiger partial charge in [0.25, 0.3) is 0 Å². The molecule has 2 atom stereocenters. The summed E-state index contributed by atoms with van der Waals surface area (Å²) in [6, 6.07) is 16.1. The van der Waals surface area contributed by atoms with Crippen molar-refractivity contribution in [1.82, 2.24) is 5.32 Å². The Morgan fingerprint density at radius 3 is 2.55 bits per heavy atom. The molecule has 2 aromatic carbocycles. The molecule has 0 saturated carbocycles. The minimum atomic E-state index is -0.551. The number of benzene rings is 2. The molecule has 0 aliphatic heterocycles. The molecule has 4 heteroatoms. The Balaban J connectivity index is 1.79. The summed E-state index contributed by atoms with van der Waals surface area (Å²) >= 11 is 3.55. The average Bonchev–Trinajstić information content (AvgIpc) is 2.52. The zero-order chi connectivity index (χ0) is 15.9. The summed E-state index contributed by atoms with van der Waals surface area (Å²) in [6.07, 6.45) is -0.551. The number of para-hydroxylation sites is 1. The highest BCUT2D eigenvalue weighted by molar-refractivity contribution is 9.10. The van der Waals surface area contributed by atoms with Gasteiger partial charge in [-0.1, -0.05) is 52.3 Å². The summed E-state index contributed by atoms with van der Waals surface area (Å²) in [6.45, 7) is 4.83. The van der Waals surface area contributed by atoms with Crippen LogP contribution in [-0.2, 0) is 0 Å². The van der Waals surface area contributed by atoms with Gasteiger partial charge in [-0.05, 0) is 37.1 Å². The normalized spacial score (nSPS) is 13.6. The van der Waals surface area contributed by atoms with Crippen LogP contribution in [0.15, 0.2) is 53.0 Å². The average molecular weight is 364 g/mol. The van der Waals surface area contributed by atoms with Crippen molar-refractivity contribution in [3.63, 3.8) is 0 Å². The molecule has 0 amide bonds. The summed E-state index contributed by atoms with van der Waals surface area (Å²) in [5.41, 5.74) is 2.25. The van der Waals surface area contributed by atoms with Gasteiger partial charge in [-0.25, -0.2) is 0 Å². The minimum Gasteiger partial charge on any atom is -0.491 e. The van der Waals surface area contributed by atoms with Crippen LogP contribution in [0.25, 0.3) is 0 Å². The molecule has 2 rings (SSSR count). The number of nitrogens with one attached hydrogen (secondary N) is 1. The lowest BCUT2D eigenvalue weighted by Crippen LogP contribution is -2.33. The minimum absolute atomic E-state index is 0.156. The topological polar surface area (TPSA) is 41.5 Å². The SMILES string of the molecule is Cc1ccccc1OCC(O)CNC(C)c1ccccc1Br. The second-order valence-electron chi connectivity index (χ2n) is 5.38. The Labute approximate surface area is 140 Å². The van der Waals surface area contributed by atoms with Gasteiger partial charge >= 0.3 is 0 Å².